The van der Waals surface area contributed by atoms with E-state index in [0.717, 1.165) is 5.69 Å². The summed E-state index contributed by atoms with van der Waals surface area (Å²) in [7, 11) is -3.87. The maximum absolute atomic E-state index is 13.4. The van der Waals surface area contributed by atoms with Crippen molar-refractivity contribution in [2.75, 3.05) is 5.32 Å². The lowest BCUT2D eigenvalue weighted by molar-refractivity contribution is 0.102. The molecule has 0 saturated heterocycles. The van der Waals surface area contributed by atoms with Crippen molar-refractivity contribution in [3.63, 3.8) is 0 Å². The van der Waals surface area contributed by atoms with Crippen LogP contribution in [0.1, 0.15) is 41.5 Å². The second-order valence-electron chi connectivity index (χ2n) is 7.13. The third-order valence-electron chi connectivity index (χ3n) is 4.88. The first-order valence-corrected chi connectivity index (χ1v) is 10.7. The van der Waals surface area contributed by atoms with E-state index in [-0.39, 0.29) is 27.2 Å². The molecule has 1 heterocycles. The van der Waals surface area contributed by atoms with Crippen LogP contribution >= 0.6 is 0 Å². The fourth-order valence-corrected chi connectivity index (χ4v) is 5.10. The highest BCUT2D eigenvalue weighted by atomic mass is 32.2. The summed E-state index contributed by atoms with van der Waals surface area (Å²) < 4.78 is 41.8. The van der Waals surface area contributed by atoms with Crippen LogP contribution in [0.4, 0.5) is 10.2 Å². The number of rotatable bonds is 5. The summed E-state index contributed by atoms with van der Waals surface area (Å²) in [5.74, 6) is -0.742. The highest BCUT2D eigenvalue weighted by Gasteiger charge is 2.31. The number of sulfone groups is 1. The number of aromatic nitrogens is 1. The molecule has 0 aliphatic rings. The number of nitrogens with zero attached hydrogens (tertiary/aromatic N) is 1. The van der Waals surface area contributed by atoms with Crippen molar-refractivity contribution in [2.45, 2.75) is 43.5 Å². The zero-order valence-corrected chi connectivity index (χ0v) is 17.5. The number of carbonyl (C=O) groups excluding carboxylic acids is 1. The maximum Gasteiger partial charge on any atom is 0.256 e. The van der Waals surface area contributed by atoms with Gasteiger partial charge in [-0.3, -0.25) is 4.79 Å². The summed E-state index contributed by atoms with van der Waals surface area (Å²) in [5, 5.41) is 2.76. The molecule has 0 bridgehead atoms. The van der Waals surface area contributed by atoms with Crippen LogP contribution in [0.5, 0.6) is 0 Å². The van der Waals surface area contributed by atoms with Gasteiger partial charge in [-0.2, -0.15) is 0 Å². The summed E-state index contributed by atoms with van der Waals surface area (Å²) in [6, 6.07) is 13.1. The van der Waals surface area contributed by atoms with Crippen LogP contribution in [0.3, 0.4) is 0 Å². The molecule has 3 rings (SSSR count). The fraction of sp³-hybridized carbons (Fsp3) is 0.227. The molecule has 1 aromatic heterocycles. The van der Waals surface area contributed by atoms with Gasteiger partial charge in [-0.05, 0) is 69.7 Å². The number of halogens is 1. The summed E-state index contributed by atoms with van der Waals surface area (Å²) >= 11 is 0. The van der Waals surface area contributed by atoms with Crippen LogP contribution in [0.15, 0.2) is 64.4 Å². The lowest BCUT2D eigenvalue weighted by atomic mass is 10.2. The van der Waals surface area contributed by atoms with Crippen molar-refractivity contribution in [1.82, 2.24) is 4.57 Å². The van der Waals surface area contributed by atoms with E-state index < -0.39 is 21.6 Å². The van der Waals surface area contributed by atoms with Crippen LogP contribution < -0.4 is 5.32 Å². The Balaban J connectivity index is 2.18. The molecule has 0 aliphatic heterocycles. The number of hydrogen-bond acceptors (Lipinski definition) is 3. The highest BCUT2D eigenvalue weighted by Crippen LogP contribution is 2.37. The Bertz CT molecular complexity index is 1150. The first kappa shape index (κ1) is 20.8. The minimum atomic E-state index is -3.87. The Labute approximate surface area is 170 Å². The SMILES string of the molecule is Cc1c(S(=O)(=O)c2ccccc2)c(NC(=O)c2ccc(F)cc2)n(C(C)C)c1C. The molecule has 2 aromatic carbocycles. The monoisotopic (exact) mass is 414 g/mol. The van der Waals surface area contributed by atoms with Crippen molar-refractivity contribution in [1.29, 1.82) is 0 Å². The van der Waals surface area contributed by atoms with E-state index in [2.05, 4.69) is 5.32 Å². The molecule has 0 aliphatic carbocycles. The van der Waals surface area contributed by atoms with Crippen molar-refractivity contribution in [3.8, 4) is 0 Å². The predicted molar refractivity (Wildman–Crippen MR) is 111 cm³/mol. The van der Waals surface area contributed by atoms with Gasteiger partial charge in [0.2, 0.25) is 9.84 Å². The van der Waals surface area contributed by atoms with Gasteiger partial charge in [0.1, 0.15) is 16.5 Å². The summed E-state index contributed by atoms with van der Waals surface area (Å²) in [4.78, 5) is 13.0. The zero-order chi connectivity index (χ0) is 21.3. The normalized spacial score (nSPS) is 11.7. The average Bonchev–Trinajstić information content (AvgIpc) is 2.93. The summed E-state index contributed by atoms with van der Waals surface area (Å²) in [6.07, 6.45) is 0. The van der Waals surface area contributed by atoms with E-state index >= 15 is 0 Å². The number of hydrogen-bond donors (Lipinski definition) is 1. The van der Waals surface area contributed by atoms with Gasteiger partial charge in [0.05, 0.1) is 4.90 Å². The Morgan fingerprint density at radius 1 is 1.00 bits per heavy atom. The Hall–Kier alpha value is -2.93. The zero-order valence-electron chi connectivity index (χ0n) is 16.7. The van der Waals surface area contributed by atoms with Gasteiger partial charge in [-0.1, -0.05) is 18.2 Å². The molecule has 3 aromatic rings. The van der Waals surface area contributed by atoms with Crippen molar-refractivity contribution in [2.24, 2.45) is 0 Å². The highest BCUT2D eigenvalue weighted by molar-refractivity contribution is 7.91. The molecule has 29 heavy (non-hydrogen) atoms. The Morgan fingerprint density at radius 2 is 1.59 bits per heavy atom. The van der Waals surface area contributed by atoms with Gasteiger partial charge < -0.3 is 9.88 Å². The molecule has 0 radical (unpaired) electrons. The minimum absolute atomic E-state index is 0.0744. The van der Waals surface area contributed by atoms with Gasteiger partial charge in [-0.15, -0.1) is 0 Å². The molecule has 0 unspecified atom stereocenters. The molecular formula is C22H23FN2O3S. The second-order valence-corrected chi connectivity index (χ2v) is 9.02. The van der Waals surface area contributed by atoms with E-state index in [1.807, 2.05) is 20.8 Å². The Morgan fingerprint density at radius 3 is 2.14 bits per heavy atom. The molecule has 0 fully saturated rings. The molecule has 1 amide bonds. The molecule has 152 valence electrons. The predicted octanol–water partition coefficient (Wildman–Crippen LogP) is 4.91. The lowest BCUT2D eigenvalue weighted by Gasteiger charge is -2.17. The lowest BCUT2D eigenvalue weighted by Crippen LogP contribution is -2.19. The van der Waals surface area contributed by atoms with E-state index in [1.165, 1.54) is 36.4 Å². The van der Waals surface area contributed by atoms with Crippen LogP contribution in [0.25, 0.3) is 0 Å². The number of benzene rings is 2. The maximum atomic E-state index is 13.4. The molecular weight excluding hydrogens is 391 g/mol. The molecule has 0 spiro atoms. The molecule has 1 N–H and O–H groups in total. The number of carbonyl (C=O) groups is 1. The topological polar surface area (TPSA) is 68.2 Å². The largest absolute Gasteiger partial charge is 0.328 e. The fourth-order valence-electron chi connectivity index (χ4n) is 3.39. The van der Waals surface area contributed by atoms with Gasteiger partial charge in [0.25, 0.3) is 5.91 Å². The summed E-state index contributed by atoms with van der Waals surface area (Å²) in [5.41, 5.74) is 1.57. The summed E-state index contributed by atoms with van der Waals surface area (Å²) in [6.45, 7) is 7.39. The van der Waals surface area contributed by atoms with Gasteiger partial charge in [0, 0.05) is 17.3 Å². The first-order chi connectivity index (χ1) is 13.6. The van der Waals surface area contributed by atoms with E-state index in [0.29, 0.717) is 5.56 Å². The standard InChI is InChI=1S/C22H23FN2O3S/c1-14(2)25-16(4)15(3)20(29(27,28)19-8-6-5-7-9-19)21(25)24-22(26)17-10-12-18(23)13-11-17/h5-14H,1-4H3,(H,24,26). The molecule has 5 nitrogen and oxygen atoms in total. The first-order valence-electron chi connectivity index (χ1n) is 9.23. The van der Waals surface area contributed by atoms with Crippen LogP contribution in [0.2, 0.25) is 0 Å². The van der Waals surface area contributed by atoms with Crippen molar-refractivity contribution >= 4 is 21.6 Å². The number of nitrogens with one attached hydrogen (secondary N) is 1. The minimum Gasteiger partial charge on any atom is -0.328 e. The third kappa shape index (κ3) is 3.82. The van der Waals surface area contributed by atoms with E-state index in [9.17, 15) is 17.6 Å². The van der Waals surface area contributed by atoms with Crippen molar-refractivity contribution < 1.29 is 17.6 Å². The quantitative estimate of drug-likeness (QED) is 0.645. The van der Waals surface area contributed by atoms with Gasteiger partial charge in [-0.25, -0.2) is 12.8 Å². The van der Waals surface area contributed by atoms with Crippen LogP contribution in [-0.2, 0) is 9.84 Å². The van der Waals surface area contributed by atoms with E-state index in [4.69, 9.17) is 0 Å². The Kier molecular flexibility index (Phi) is 5.61. The van der Waals surface area contributed by atoms with Crippen LogP contribution in [-0.4, -0.2) is 18.9 Å². The molecule has 0 saturated carbocycles. The van der Waals surface area contributed by atoms with Gasteiger partial charge in [0.15, 0.2) is 0 Å². The number of amides is 1. The molecule has 7 heteroatoms. The average molecular weight is 415 g/mol. The second kappa shape index (κ2) is 7.83. The molecule has 0 atom stereocenters. The third-order valence-corrected chi connectivity index (χ3v) is 6.81. The number of anilines is 1. The van der Waals surface area contributed by atoms with Crippen molar-refractivity contribution in [3.05, 3.63) is 77.2 Å². The smallest absolute Gasteiger partial charge is 0.256 e. The van der Waals surface area contributed by atoms with Gasteiger partial charge >= 0.3 is 0 Å². The van der Waals surface area contributed by atoms with E-state index in [1.54, 1.807) is 29.7 Å². The van der Waals surface area contributed by atoms with Crippen LogP contribution in [0, 0.1) is 19.7 Å².